The largest absolute Gasteiger partial charge is 0.376 e. The Morgan fingerprint density at radius 3 is 2.40 bits per heavy atom. The van der Waals surface area contributed by atoms with Crippen molar-refractivity contribution in [2.75, 3.05) is 26.2 Å². The third-order valence-corrected chi connectivity index (χ3v) is 4.95. The van der Waals surface area contributed by atoms with Gasteiger partial charge in [-0.2, -0.15) is 0 Å². The van der Waals surface area contributed by atoms with Crippen molar-refractivity contribution in [3.05, 3.63) is 35.4 Å². The number of ether oxygens (including phenoxy) is 1. The molecule has 166 valence electrons. The number of nitrogens with zero attached hydrogens (tertiary/aromatic N) is 1. The van der Waals surface area contributed by atoms with Gasteiger partial charge >= 0.3 is 0 Å². The van der Waals surface area contributed by atoms with Gasteiger partial charge in [-0.15, -0.1) is 0 Å². The van der Waals surface area contributed by atoms with Crippen molar-refractivity contribution in [3.8, 4) is 0 Å². The fourth-order valence-electron chi connectivity index (χ4n) is 3.35. The molecule has 8 nitrogen and oxygen atoms in total. The summed E-state index contributed by atoms with van der Waals surface area (Å²) in [6.07, 6.45) is 7.94. The van der Waals surface area contributed by atoms with Gasteiger partial charge in [0.1, 0.15) is 0 Å². The first kappa shape index (κ1) is 23.7. The SMILES string of the molecule is CCNC(=NCc1ccc(C(=O)NCC(N)=O)cc1)NCCOC1CCCCCC1. The van der Waals surface area contributed by atoms with Crippen LogP contribution in [0.3, 0.4) is 0 Å². The number of nitrogens with two attached hydrogens (primary N) is 1. The summed E-state index contributed by atoms with van der Waals surface area (Å²) in [7, 11) is 0. The van der Waals surface area contributed by atoms with Crippen LogP contribution in [0.25, 0.3) is 0 Å². The topological polar surface area (TPSA) is 118 Å². The van der Waals surface area contributed by atoms with Crippen LogP contribution in [-0.2, 0) is 16.1 Å². The fourth-order valence-corrected chi connectivity index (χ4v) is 3.35. The zero-order valence-electron chi connectivity index (χ0n) is 17.9. The van der Waals surface area contributed by atoms with E-state index >= 15 is 0 Å². The molecule has 30 heavy (non-hydrogen) atoms. The van der Waals surface area contributed by atoms with Crippen molar-refractivity contribution in [3.63, 3.8) is 0 Å². The van der Waals surface area contributed by atoms with Crippen LogP contribution < -0.4 is 21.7 Å². The van der Waals surface area contributed by atoms with Crippen molar-refractivity contribution in [1.29, 1.82) is 0 Å². The molecule has 0 aliphatic heterocycles. The van der Waals surface area contributed by atoms with Gasteiger partial charge in [-0.3, -0.25) is 9.59 Å². The molecular weight excluding hydrogens is 382 g/mol. The van der Waals surface area contributed by atoms with Crippen LogP contribution in [0, 0.1) is 0 Å². The van der Waals surface area contributed by atoms with Crippen LogP contribution >= 0.6 is 0 Å². The van der Waals surface area contributed by atoms with E-state index in [1.807, 2.05) is 19.1 Å². The number of rotatable bonds is 10. The second kappa shape index (κ2) is 13.6. The quantitative estimate of drug-likeness (QED) is 0.200. The average molecular weight is 418 g/mol. The molecule has 1 saturated carbocycles. The van der Waals surface area contributed by atoms with Crippen LogP contribution in [0.5, 0.6) is 0 Å². The molecule has 0 spiro atoms. The first-order valence-electron chi connectivity index (χ1n) is 10.9. The predicted octanol–water partition coefficient (Wildman–Crippen LogP) is 1.70. The van der Waals surface area contributed by atoms with Crippen LogP contribution in [-0.4, -0.2) is 50.1 Å². The molecule has 0 heterocycles. The highest BCUT2D eigenvalue weighted by Crippen LogP contribution is 2.19. The lowest BCUT2D eigenvalue weighted by atomic mass is 10.1. The molecule has 0 aromatic heterocycles. The number of amides is 2. The standard InChI is InChI=1S/C22H35N5O3/c1-2-24-22(25-13-14-30-19-7-5-3-4-6-8-19)27-15-17-9-11-18(12-10-17)21(29)26-16-20(23)28/h9-12,19H,2-8,13-16H2,1H3,(H2,23,28)(H,26,29)(H2,24,25,27). The van der Waals surface area contributed by atoms with Gasteiger partial charge in [0, 0.05) is 18.7 Å². The van der Waals surface area contributed by atoms with E-state index in [4.69, 9.17) is 10.5 Å². The summed E-state index contributed by atoms with van der Waals surface area (Å²) in [5.41, 5.74) is 6.49. The Hall–Kier alpha value is -2.61. The maximum atomic E-state index is 11.9. The van der Waals surface area contributed by atoms with Crippen LogP contribution in [0.4, 0.5) is 0 Å². The van der Waals surface area contributed by atoms with E-state index in [0.717, 1.165) is 18.1 Å². The smallest absolute Gasteiger partial charge is 0.251 e. The lowest BCUT2D eigenvalue weighted by Crippen LogP contribution is -2.39. The van der Waals surface area contributed by atoms with E-state index in [0.29, 0.717) is 31.4 Å². The summed E-state index contributed by atoms with van der Waals surface area (Å²) < 4.78 is 6.01. The van der Waals surface area contributed by atoms with E-state index in [9.17, 15) is 9.59 Å². The van der Waals surface area contributed by atoms with E-state index in [2.05, 4.69) is 20.9 Å². The van der Waals surface area contributed by atoms with Crippen molar-refractivity contribution in [2.24, 2.45) is 10.7 Å². The third-order valence-electron chi connectivity index (χ3n) is 4.95. The summed E-state index contributed by atoms with van der Waals surface area (Å²) in [6.45, 7) is 4.49. The number of primary amides is 1. The van der Waals surface area contributed by atoms with Gasteiger partial charge < -0.3 is 26.4 Å². The van der Waals surface area contributed by atoms with E-state index < -0.39 is 5.91 Å². The number of carbonyl (C=O) groups is 2. The highest BCUT2D eigenvalue weighted by atomic mass is 16.5. The van der Waals surface area contributed by atoms with Gasteiger partial charge in [-0.05, 0) is 37.5 Å². The van der Waals surface area contributed by atoms with Crippen molar-refractivity contribution < 1.29 is 14.3 Å². The van der Waals surface area contributed by atoms with Gasteiger partial charge in [0.15, 0.2) is 5.96 Å². The number of aliphatic imine (C=N–C) groups is 1. The van der Waals surface area contributed by atoms with E-state index in [1.165, 1.54) is 38.5 Å². The van der Waals surface area contributed by atoms with E-state index in [-0.39, 0.29) is 12.5 Å². The minimum atomic E-state index is -0.572. The van der Waals surface area contributed by atoms with Crippen molar-refractivity contribution in [2.45, 2.75) is 58.1 Å². The van der Waals surface area contributed by atoms with Crippen LogP contribution in [0.1, 0.15) is 61.4 Å². The molecule has 0 bridgehead atoms. The molecule has 1 aromatic carbocycles. The molecular formula is C22H35N5O3. The zero-order chi connectivity index (χ0) is 21.6. The van der Waals surface area contributed by atoms with Gasteiger partial charge in [0.05, 0.1) is 25.8 Å². The zero-order valence-corrected chi connectivity index (χ0v) is 17.9. The monoisotopic (exact) mass is 417 g/mol. The van der Waals surface area contributed by atoms with Gasteiger partial charge in [-0.25, -0.2) is 4.99 Å². The molecule has 2 amide bonds. The number of benzene rings is 1. The van der Waals surface area contributed by atoms with Crippen molar-refractivity contribution >= 4 is 17.8 Å². The molecule has 0 atom stereocenters. The first-order chi connectivity index (χ1) is 14.6. The molecule has 8 heteroatoms. The number of nitrogens with one attached hydrogen (secondary N) is 3. The minimum absolute atomic E-state index is 0.174. The molecule has 5 N–H and O–H groups in total. The van der Waals surface area contributed by atoms with E-state index in [1.54, 1.807) is 12.1 Å². The second-order valence-corrected chi connectivity index (χ2v) is 7.45. The average Bonchev–Trinajstić information content (AvgIpc) is 3.02. The fraction of sp³-hybridized carbons (Fsp3) is 0.591. The maximum absolute atomic E-state index is 11.9. The van der Waals surface area contributed by atoms with Gasteiger partial charge in [0.25, 0.3) is 5.91 Å². The summed E-state index contributed by atoms with van der Waals surface area (Å²) in [5, 5.41) is 9.01. The number of hydrogen-bond donors (Lipinski definition) is 4. The number of carbonyl (C=O) groups excluding carboxylic acids is 2. The molecule has 0 unspecified atom stereocenters. The van der Waals surface area contributed by atoms with Crippen molar-refractivity contribution in [1.82, 2.24) is 16.0 Å². The summed E-state index contributed by atoms with van der Waals surface area (Å²) >= 11 is 0. The summed E-state index contributed by atoms with van der Waals surface area (Å²) in [6, 6.07) is 7.12. The molecule has 1 aliphatic carbocycles. The Labute approximate surface area is 179 Å². The maximum Gasteiger partial charge on any atom is 0.251 e. The van der Waals surface area contributed by atoms with Crippen LogP contribution in [0.2, 0.25) is 0 Å². The lowest BCUT2D eigenvalue weighted by molar-refractivity contribution is -0.117. The van der Waals surface area contributed by atoms with Gasteiger partial charge in [-0.1, -0.05) is 37.8 Å². The summed E-state index contributed by atoms with van der Waals surface area (Å²) in [5.74, 6) is -0.157. The Bertz CT molecular complexity index is 683. The Morgan fingerprint density at radius 1 is 1.07 bits per heavy atom. The third kappa shape index (κ3) is 9.26. The Kier molecular flexibility index (Phi) is 10.7. The second-order valence-electron chi connectivity index (χ2n) is 7.45. The highest BCUT2D eigenvalue weighted by Gasteiger charge is 2.12. The summed E-state index contributed by atoms with van der Waals surface area (Å²) in [4.78, 5) is 27.3. The highest BCUT2D eigenvalue weighted by molar-refractivity contribution is 5.96. The Morgan fingerprint density at radius 2 is 1.77 bits per heavy atom. The predicted molar refractivity (Wildman–Crippen MR) is 118 cm³/mol. The molecule has 0 radical (unpaired) electrons. The normalized spacial score (nSPS) is 15.3. The minimum Gasteiger partial charge on any atom is -0.376 e. The molecule has 1 aliphatic rings. The Balaban J connectivity index is 1.77. The number of guanidine groups is 1. The van der Waals surface area contributed by atoms with Gasteiger partial charge in [0.2, 0.25) is 5.91 Å². The molecule has 1 fully saturated rings. The molecule has 2 rings (SSSR count). The van der Waals surface area contributed by atoms with Crippen LogP contribution in [0.15, 0.2) is 29.3 Å². The number of hydrogen-bond acceptors (Lipinski definition) is 4. The lowest BCUT2D eigenvalue weighted by Gasteiger charge is -2.16. The molecule has 1 aromatic rings. The molecule has 0 saturated heterocycles. The first-order valence-corrected chi connectivity index (χ1v) is 10.9.